The van der Waals surface area contributed by atoms with E-state index in [1.165, 1.54) is 0 Å². The Bertz CT molecular complexity index is 923. The number of aliphatic hydroxyl groups is 3. The van der Waals surface area contributed by atoms with E-state index in [0.717, 1.165) is 0 Å². The van der Waals surface area contributed by atoms with E-state index in [2.05, 4.69) is 21.3 Å². The molecule has 4 rings (SSSR count). The minimum atomic E-state index is -2.06. The van der Waals surface area contributed by atoms with Crippen LogP contribution in [0.1, 0.15) is 30.1 Å². The van der Waals surface area contributed by atoms with Gasteiger partial charge < -0.3 is 50.8 Å². The summed E-state index contributed by atoms with van der Waals surface area (Å²) in [6.07, 6.45) is -5.43. The number of ether oxygens (including phenoxy) is 3. The molecule has 2 heterocycles. The van der Waals surface area contributed by atoms with Crippen LogP contribution >= 0.6 is 0 Å². The molecule has 12 nitrogen and oxygen atoms in total. The molecular formula is C24H36N4O8. The Balaban J connectivity index is 1.42. The highest BCUT2D eigenvalue weighted by atomic mass is 16.8. The molecule has 1 aliphatic carbocycles. The molecule has 0 aromatic heterocycles. The topological polar surface area (TPSA) is 171 Å². The monoisotopic (exact) mass is 508 g/mol. The summed E-state index contributed by atoms with van der Waals surface area (Å²) in [6, 6.07) is 6.41. The first kappa shape index (κ1) is 26.9. The van der Waals surface area contributed by atoms with Crippen molar-refractivity contribution in [3.63, 3.8) is 0 Å². The summed E-state index contributed by atoms with van der Waals surface area (Å²) in [5, 5.41) is 44.5. The molecule has 0 radical (unpaired) electrons. The number of aliphatic hydroxyl groups excluding tert-OH is 2. The predicted molar refractivity (Wildman–Crippen MR) is 127 cm³/mol. The third-order valence-corrected chi connectivity index (χ3v) is 7.16. The molecule has 1 aromatic carbocycles. The molecule has 1 aromatic rings. The normalized spacial score (nSPS) is 40.0. The lowest BCUT2D eigenvalue weighted by molar-refractivity contribution is -0.449. The van der Waals surface area contributed by atoms with Crippen LogP contribution in [0.4, 0.5) is 0 Å². The molecule has 3 aliphatic rings. The van der Waals surface area contributed by atoms with Crippen molar-refractivity contribution in [1.29, 1.82) is 0 Å². The highest BCUT2D eigenvalue weighted by molar-refractivity contribution is 5.94. The summed E-state index contributed by atoms with van der Waals surface area (Å²) in [4.78, 5) is 24.9. The van der Waals surface area contributed by atoms with Gasteiger partial charge in [0.25, 0.3) is 5.91 Å². The number of carbonyl (C=O) groups excluding carboxylic acids is 2. The fraction of sp³-hybridized carbons (Fsp3) is 0.667. The average Bonchev–Trinajstić information content (AvgIpc) is 2.85. The molecular weight excluding hydrogens is 472 g/mol. The molecule has 3 unspecified atom stereocenters. The van der Waals surface area contributed by atoms with E-state index >= 15 is 0 Å². The van der Waals surface area contributed by atoms with Gasteiger partial charge in [-0.05, 0) is 39.6 Å². The van der Waals surface area contributed by atoms with E-state index in [4.69, 9.17) is 14.2 Å². The zero-order valence-corrected chi connectivity index (χ0v) is 20.6. The van der Waals surface area contributed by atoms with Gasteiger partial charge in [0.2, 0.25) is 18.0 Å². The first-order valence-corrected chi connectivity index (χ1v) is 12.2. The van der Waals surface area contributed by atoms with Gasteiger partial charge in [0.15, 0.2) is 0 Å². The maximum atomic E-state index is 12.7. The van der Waals surface area contributed by atoms with Gasteiger partial charge in [0.1, 0.15) is 18.3 Å². The first-order chi connectivity index (χ1) is 17.2. The fourth-order valence-electron chi connectivity index (χ4n) is 5.26. The molecule has 1 saturated carbocycles. The Morgan fingerprint density at radius 3 is 2.39 bits per heavy atom. The number of benzene rings is 1. The summed E-state index contributed by atoms with van der Waals surface area (Å²) in [7, 11) is 3.26. The average molecular weight is 509 g/mol. The van der Waals surface area contributed by atoms with Crippen molar-refractivity contribution in [2.75, 3.05) is 20.6 Å². The van der Waals surface area contributed by atoms with Crippen molar-refractivity contribution in [3.05, 3.63) is 35.9 Å². The van der Waals surface area contributed by atoms with Crippen molar-refractivity contribution in [1.82, 2.24) is 21.3 Å². The van der Waals surface area contributed by atoms with Crippen LogP contribution in [0.25, 0.3) is 0 Å². The standard InChI is InChI=1S/C24H36N4O8/c1-12-11-14(28-15(29)9-10-27-22(32)13-7-5-4-6-8-13)24(33)23(34-12)35-21-19(31)16(25-2)18(30)17(26-3)20(21)36-24/h4-8,12,14,16-21,23,25-26,30-31,33H,9-11H2,1-3H3,(H,27,32)(H,28,29)/t12-,14-,16-,17+,18+,19+,20?,21?,23?,24+/m1/s1. The molecule has 7 N–H and O–H groups in total. The van der Waals surface area contributed by atoms with Gasteiger partial charge in [0.05, 0.1) is 30.3 Å². The number of hydrogen-bond acceptors (Lipinski definition) is 10. The van der Waals surface area contributed by atoms with Crippen LogP contribution in [0.2, 0.25) is 0 Å². The Morgan fingerprint density at radius 1 is 1.03 bits per heavy atom. The van der Waals surface area contributed by atoms with Crippen LogP contribution < -0.4 is 21.3 Å². The second kappa shape index (κ2) is 11.1. The maximum Gasteiger partial charge on any atom is 0.251 e. The van der Waals surface area contributed by atoms with Gasteiger partial charge in [-0.1, -0.05) is 18.2 Å². The molecule has 2 amide bonds. The Kier molecular flexibility index (Phi) is 8.27. The molecule has 0 bridgehead atoms. The van der Waals surface area contributed by atoms with E-state index in [9.17, 15) is 24.9 Å². The molecule has 10 atom stereocenters. The highest BCUT2D eigenvalue weighted by Crippen LogP contribution is 2.41. The van der Waals surface area contributed by atoms with Gasteiger partial charge in [0, 0.05) is 18.5 Å². The molecule has 12 heteroatoms. The molecule has 2 saturated heterocycles. The second-order valence-corrected chi connectivity index (χ2v) is 9.55. The number of rotatable bonds is 7. The minimum absolute atomic E-state index is 0.0155. The smallest absolute Gasteiger partial charge is 0.251 e. The third-order valence-electron chi connectivity index (χ3n) is 7.16. The lowest BCUT2D eigenvalue weighted by Gasteiger charge is -2.58. The lowest BCUT2D eigenvalue weighted by atomic mass is 9.79. The van der Waals surface area contributed by atoms with Gasteiger partial charge in [-0.2, -0.15) is 0 Å². The van der Waals surface area contributed by atoms with Crippen molar-refractivity contribution in [2.45, 2.75) is 80.5 Å². The van der Waals surface area contributed by atoms with Crippen molar-refractivity contribution in [2.24, 2.45) is 0 Å². The summed E-state index contributed by atoms with van der Waals surface area (Å²) in [5.41, 5.74) is 0.493. The highest BCUT2D eigenvalue weighted by Gasteiger charge is 2.63. The van der Waals surface area contributed by atoms with E-state index in [0.29, 0.717) is 5.56 Å². The fourth-order valence-corrected chi connectivity index (χ4v) is 5.26. The zero-order chi connectivity index (χ0) is 26.0. The number of carbonyl (C=O) groups is 2. The molecule has 2 aliphatic heterocycles. The summed E-state index contributed by atoms with van der Waals surface area (Å²) in [5.74, 6) is -2.74. The van der Waals surface area contributed by atoms with Crippen LogP contribution in [0, 0.1) is 0 Å². The number of hydrogen-bond donors (Lipinski definition) is 7. The summed E-state index contributed by atoms with van der Waals surface area (Å²) in [6.45, 7) is 1.88. The Labute approximate surface area is 209 Å². The van der Waals surface area contributed by atoms with Crippen LogP contribution in [0.3, 0.4) is 0 Å². The van der Waals surface area contributed by atoms with Crippen LogP contribution in [-0.4, -0.2) is 108 Å². The van der Waals surface area contributed by atoms with Crippen LogP contribution in [-0.2, 0) is 19.0 Å². The summed E-state index contributed by atoms with van der Waals surface area (Å²) < 4.78 is 17.9. The van der Waals surface area contributed by atoms with Gasteiger partial charge in [-0.3, -0.25) is 9.59 Å². The largest absolute Gasteiger partial charge is 0.390 e. The zero-order valence-electron chi connectivity index (χ0n) is 20.6. The minimum Gasteiger partial charge on any atom is -0.390 e. The Hall–Kier alpha value is -2.16. The number of fused-ring (bicyclic) bond motifs is 2. The lowest BCUT2D eigenvalue weighted by Crippen LogP contribution is -2.79. The number of likely N-dealkylation sites (N-methyl/N-ethyl adjacent to an activating group) is 2. The van der Waals surface area contributed by atoms with Crippen LogP contribution in [0.5, 0.6) is 0 Å². The quantitative estimate of drug-likeness (QED) is 0.215. The summed E-state index contributed by atoms with van der Waals surface area (Å²) >= 11 is 0. The third kappa shape index (κ3) is 5.13. The van der Waals surface area contributed by atoms with Gasteiger partial charge in [-0.15, -0.1) is 0 Å². The molecule has 0 spiro atoms. The first-order valence-electron chi connectivity index (χ1n) is 12.2. The van der Waals surface area contributed by atoms with Crippen molar-refractivity contribution >= 4 is 11.8 Å². The predicted octanol–water partition coefficient (Wildman–Crippen LogP) is -2.19. The molecule has 36 heavy (non-hydrogen) atoms. The number of amides is 2. The van der Waals surface area contributed by atoms with Gasteiger partial charge >= 0.3 is 0 Å². The SMILES string of the molecule is CN[C@@H]1[C@H](O)[C@H](NC)C2O[C@]3(O)C(OC2[C@H]1O)O[C@H](C)C[C@H]3NC(=O)CCNC(=O)c1ccccc1. The van der Waals surface area contributed by atoms with Crippen molar-refractivity contribution < 1.29 is 39.1 Å². The van der Waals surface area contributed by atoms with Crippen LogP contribution in [0.15, 0.2) is 30.3 Å². The van der Waals surface area contributed by atoms with E-state index in [1.807, 2.05) is 6.07 Å². The van der Waals surface area contributed by atoms with Crippen molar-refractivity contribution in [3.8, 4) is 0 Å². The Morgan fingerprint density at radius 2 is 1.72 bits per heavy atom. The van der Waals surface area contributed by atoms with E-state index < -0.39 is 60.5 Å². The second-order valence-electron chi connectivity index (χ2n) is 9.55. The molecule has 200 valence electrons. The van der Waals surface area contributed by atoms with E-state index in [-0.39, 0.29) is 31.4 Å². The van der Waals surface area contributed by atoms with E-state index in [1.54, 1.807) is 45.3 Å². The molecule has 3 fully saturated rings. The van der Waals surface area contributed by atoms with Gasteiger partial charge in [-0.25, -0.2) is 0 Å². The number of nitrogens with one attached hydrogen (secondary N) is 4. The maximum absolute atomic E-state index is 12.7.